The van der Waals surface area contributed by atoms with Crippen molar-refractivity contribution in [2.75, 3.05) is 12.4 Å². The first-order valence-electron chi connectivity index (χ1n) is 6.94. The fourth-order valence-corrected chi connectivity index (χ4v) is 1.83. The van der Waals surface area contributed by atoms with Gasteiger partial charge >= 0.3 is 0 Å². The number of anilines is 1. The molecule has 0 aliphatic heterocycles. The average Bonchev–Trinajstić information content (AvgIpc) is 2.51. The molecule has 2 aromatic carbocycles. The fourth-order valence-electron chi connectivity index (χ4n) is 1.83. The van der Waals surface area contributed by atoms with Crippen LogP contribution in [0.15, 0.2) is 54.8 Å². The predicted molar refractivity (Wildman–Crippen MR) is 87.3 cm³/mol. The third-order valence-electron chi connectivity index (χ3n) is 3.26. The smallest absolute Gasteiger partial charge is 0.251 e. The van der Waals surface area contributed by atoms with Crippen LogP contribution in [0.2, 0.25) is 0 Å². The summed E-state index contributed by atoms with van der Waals surface area (Å²) in [6.45, 7) is 4.04. The summed E-state index contributed by atoms with van der Waals surface area (Å²) < 4.78 is 10.4. The van der Waals surface area contributed by atoms with Gasteiger partial charge in [-0.2, -0.15) is 0 Å². The zero-order chi connectivity index (χ0) is 15.9. The molecule has 4 heteroatoms. The van der Waals surface area contributed by atoms with Crippen molar-refractivity contribution in [1.29, 1.82) is 0 Å². The molecule has 1 N–H and O–H groups in total. The van der Waals surface area contributed by atoms with Crippen LogP contribution in [0, 0.1) is 13.8 Å². The van der Waals surface area contributed by atoms with Crippen LogP contribution in [0.1, 0.15) is 11.1 Å². The Labute approximate surface area is 130 Å². The topological polar surface area (TPSA) is 47.6 Å². The van der Waals surface area contributed by atoms with Crippen molar-refractivity contribution >= 4 is 11.6 Å². The summed E-state index contributed by atoms with van der Waals surface area (Å²) in [6, 6.07) is 12.9. The van der Waals surface area contributed by atoms with Crippen LogP contribution in [-0.2, 0) is 4.79 Å². The van der Waals surface area contributed by atoms with E-state index < -0.39 is 0 Å². The molecule has 22 heavy (non-hydrogen) atoms. The molecule has 0 aliphatic rings. The van der Waals surface area contributed by atoms with E-state index in [0.29, 0.717) is 5.75 Å². The van der Waals surface area contributed by atoms with Crippen LogP contribution in [0.25, 0.3) is 0 Å². The molecule has 0 radical (unpaired) electrons. The number of methoxy groups -OCH3 is 1. The Morgan fingerprint density at radius 1 is 1.00 bits per heavy atom. The number of ether oxygens (including phenoxy) is 2. The number of aryl methyl sites for hydroxylation is 2. The Morgan fingerprint density at radius 3 is 2.32 bits per heavy atom. The monoisotopic (exact) mass is 297 g/mol. The van der Waals surface area contributed by atoms with Gasteiger partial charge < -0.3 is 14.8 Å². The van der Waals surface area contributed by atoms with E-state index >= 15 is 0 Å². The van der Waals surface area contributed by atoms with Crippen molar-refractivity contribution < 1.29 is 14.3 Å². The highest BCUT2D eigenvalue weighted by molar-refractivity contribution is 5.99. The third-order valence-corrected chi connectivity index (χ3v) is 3.26. The Bertz CT molecular complexity index is 675. The lowest BCUT2D eigenvalue weighted by atomic mass is 10.1. The molecule has 0 saturated carbocycles. The Balaban J connectivity index is 1.89. The van der Waals surface area contributed by atoms with Gasteiger partial charge in [-0.1, -0.05) is 6.07 Å². The molecule has 0 fully saturated rings. The molecule has 0 bridgehead atoms. The summed E-state index contributed by atoms with van der Waals surface area (Å²) >= 11 is 0. The van der Waals surface area contributed by atoms with Gasteiger partial charge in [0.1, 0.15) is 11.5 Å². The molecule has 1 amide bonds. The summed E-state index contributed by atoms with van der Waals surface area (Å²) in [5.74, 6) is 1.15. The van der Waals surface area contributed by atoms with Gasteiger partial charge in [0.2, 0.25) is 0 Å². The number of rotatable bonds is 5. The van der Waals surface area contributed by atoms with Gasteiger partial charge in [0.05, 0.1) is 13.4 Å². The normalized spacial score (nSPS) is 10.5. The Hall–Kier alpha value is -2.75. The number of carbonyl (C=O) groups is 1. The van der Waals surface area contributed by atoms with E-state index in [-0.39, 0.29) is 5.91 Å². The minimum absolute atomic E-state index is 0.239. The van der Waals surface area contributed by atoms with E-state index in [1.807, 2.05) is 32.0 Å². The number of hydrogen-bond acceptors (Lipinski definition) is 3. The molecule has 114 valence electrons. The van der Waals surface area contributed by atoms with Gasteiger partial charge in [-0.3, -0.25) is 4.79 Å². The lowest BCUT2D eigenvalue weighted by Gasteiger charge is -2.05. The Morgan fingerprint density at radius 2 is 1.68 bits per heavy atom. The predicted octanol–water partition coefficient (Wildman–Crippen LogP) is 3.84. The quantitative estimate of drug-likeness (QED) is 0.673. The van der Waals surface area contributed by atoms with Crippen molar-refractivity contribution in [3.63, 3.8) is 0 Å². The molecule has 0 unspecified atom stereocenters. The molecule has 2 aromatic rings. The summed E-state index contributed by atoms with van der Waals surface area (Å²) in [5, 5.41) is 2.79. The summed E-state index contributed by atoms with van der Waals surface area (Å²) in [6.07, 6.45) is 2.71. The third kappa shape index (κ3) is 4.38. The second-order valence-electron chi connectivity index (χ2n) is 4.88. The van der Waals surface area contributed by atoms with E-state index in [4.69, 9.17) is 9.47 Å². The van der Waals surface area contributed by atoms with E-state index in [2.05, 4.69) is 5.32 Å². The van der Waals surface area contributed by atoms with Crippen LogP contribution in [0.3, 0.4) is 0 Å². The van der Waals surface area contributed by atoms with E-state index in [1.54, 1.807) is 31.4 Å². The average molecular weight is 297 g/mol. The zero-order valence-corrected chi connectivity index (χ0v) is 12.9. The van der Waals surface area contributed by atoms with Crippen LogP contribution in [0.4, 0.5) is 5.69 Å². The van der Waals surface area contributed by atoms with Gasteiger partial charge in [0, 0.05) is 11.8 Å². The Kier molecular flexibility index (Phi) is 5.20. The minimum atomic E-state index is -0.239. The highest BCUT2D eigenvalue weighted by atomic mass is 16.5. The molecular formula is C18H19NO3. The molecule has 0 heterocycles. The lowest BCUT2D eigenvalue weighted by Crippen LogP contribution is -2.08. The lowest BCUT2D eigenvalue weighted by molar-refractivity contribution is -0.112. The van der Waals surface area contributed by atoms with Crippen LogP contribution >= 0.6 is 0 Å². The summed E-state index contributed by atoms with van der Waals surface area (Å²) in [7, 11) is 1.60. The van der Waals surface area contributed by atoms with Crippen molar-refractivity contribution in [1.82, 2.24) is 0 Å². The highest BCUT2D eigenvalue weighted by Gasteiger charge is 2.00. The van der Waals surface area contributed by atoms with Crippen molar-refractivity contribution in [2.45, 2.75) is 13.8 Å². The van der Waals surface area contributed by atoms with Crippen LogP contribution in [0.5, 0.6) is 11.5 Å². The zero-order valence-electron chi connectivity index (χ0n) is 12.9. The van der Waals surface area contributed by atoms with Crippen molar-refractivity contribution in [3.8, 4) is 11.5 Å². The van der Waals surface area contributed by atoms with E-state index in [1.165, 1.54) is 17.9 Å². The maximum absolute atomic E-state index is 11.8. The van der Waals surface area contributed by atoms with E-state index in [9.17, 15) is 4.79 Å². The standard InChI is InChI=1S/C18H19NO3/c1-13-4-5-15(12-14(13)2)19-18(20)10-11-22-17-8-6-16(21-3)7-9-17/h4-12H,1-3H3,(H,19,20). The number of benzene rings is 2. The molecule has 0 saturated heterocycles. The molecule has 0 atom stereocenters. The van der Waals surface area contributed by atoms with Gasteiger partial charge in [0.15, 0.2) is 0 Å². The first kappa shape index (κ1) is 15.6. The highest BCUT2D eigenvalue weighted by Crippen LogP contribution is 2.17. The summed E-state index contributed by atoms with van der Waals surface area (Å²) in [5.41, 5.74) is 3.09. The van der Waals surface area contributed by atoms with Crippen LogP contribution in [-0.4, -0.2) is 13.0 Å². The van der Waals surface area contributed by atoms with Crippen molar-refractivity contribution in [2.24, 2.45) is 0 Å². The largest absolute Gasteiger partial charge is 0.497 e. The second-order valence-corrected chi connectivity index (χ2v) is 4.88. The fraction of sp³-hybridized carbons (Fsp3) is 0.167. The number of amides is 1. The molecule has 0 aromatic heterocycles. The van der Waals surface area contributed by atoms with Gasteiger partial charge in [-0.05, 0) is 61.4 Å². The maximum Gasteiger partial charge on any atom is 0.251 e. The molecular weight excluding hydrogens is 278 g/mol. The van der Waals surface area contributed by atoms with Gasteiger partial charge in [-0.15, -0.1) is 0 Å². The molecule has 0 spiro atoms. The second kappa shape index (κ2) is 7.31. The maximum atomic E-state index is 11.8. The first-order valence-corrected chi connectivity index (χ1v) is 6.94. The first-order chi connectivity index (χ1) is 10.6. The van der Waals surface area contributed by atoms with Crippen molar-refractivity contribution in [3.05, 3.63) is 65.9 Å². The number of carbonyl (C=O) groups excluding carboxylic acids is 1. The molecule has 0 aliphatic carbocycles. The molecule has 2 rings (SSSR count). The van der Waals surface area contributed by atoms with Gasteiger partial charge in [0.25, 0.3) is 5.91 Å². The molecule has 4 nitrogen and oxygen atoms in total. The number of hydrogen-bond donors (Lipinski definition) is 1. The van der Waals surface area contributed by atoms with Crippen LogP contribution < -0.4 is 14.8 Å². The SMILES string of the molecule is COc1ccc(OC=CC(=O)Nc2ccc(C)c(C)c2)cc1. The minimum Gasteiger partial charge on any atom is -0.497 e. The number of nitrogens with one attached hydrogen (secondary N) is 1. The van der Waals surface area contributed by atoms with Gasteiger partial charge in [-0.25, -0.2) is 0 Å². The van der Waals surface area contributed by atoms with E-state index in [0.717, 1.165) is 17.0 Å². The summed E-state index contributed by atoms with van der Waals surface area (Å²) in [4.78, 5) is 11.8.